The SMILES string of the molecule is Cc1ccc(-c2ccc(/C=N/NC(=O)c3cccc(C(F)(F)F)c3)o2)c(Br)c1. The number of benzene rings is 2. The van der Waals surface area contributed by atoms with E-state index in [-0.39, 0.29) is 5.56 Å². The zero-order valence-corrected chi connectivity index (χ0v) is 16.1. The number of aryl methyl sites for hydroxylation is 1. The van der Waals surface area contributed by atoms with E-state index in [1.54, 1.807) is 12.1 Å². The van der Waals surface area contributed by atoms with Crippen LogP contribution >= 0.6 is 15.9 Å². The number of nitrogens with zero attached hydrogens (tertiary/aromatic N) is 1. The first-order valence-corrected chi connectivity index (χ1v) is 8.90. The van der Waals surface area contributed by atoms with Crippen molar-refractivity contribution in [3.05, 3.63) is 81.5 Å². The number of amides is 1. The van der Waals surface area contributed by atoms with Crippen LogP contribution in [0.25, 0.3) is 11.3 Å². The number of rotatable bonds is 4. The number of carbonyl (C=O) groups is 1. The second-order valence-corrected chi connectivity index (χ2v) is 6.82. The van der Waals surface area contributed by atoms with Crippen LogP contribution < -0.4 is 5.43 Å². The normalized spacial score (nSPS) is 11.8. The Morgan fingerprint density at radius 1 is 1.14 bits per heavy atom. The Morgan fingerprint density at radius 3 is 2.64 bits per heavy atom. The van der Waals surface area contributed by atoms with Gasteiger partial charge >= 0.3 is 6.18 Å². The zero-order valence-electron chi connectivity index (χ0n) is 14.5. The highest BCUT2D eigenvalue weighted by Crippen LogP contribution is 2.30. The number of carbonyl (C=O) groups excluding carboxylic acids is 1. The summed E-state index contributed by atoms with van der Waals surface area (Å²) in [5.41, 5.74) is 3.10. The van der Waals surface area contributed by atoms with Gasteiger partial charge in [0, 0.05) is 15.6 Å². The third-order valence-corrected chi connectivity index (χ3v) is 4.48. The van der Waals surface area contributed by atoms with Crippen molar-refractivity contribution in [3.63, 3.8) is 0 Å². The fraction of sp³-hybridized carbons (Fsp3) is 0.100. The lowest BCUT2D eigenvalue weighted by molar-refractivity contribution is -0.137. The van der Waals surface area contributed by atoms with Crippen molar-refractivity contribution in [2.75, 3.05) is 0 Å². The molecular weight excluding hydrogens is 437 g/mol. The number of hydrogen-bond donors (Lipinski definition) is 1. The summed E-state index contributed by atoms with van der Waals surface area (Å²) in [4.78, 5) is 12.0. The Hall–Kier alpha value is -2.87. The second kappa shape index (κ2) is 8.02. The predicted octanol–water partition coefficient (Wildman–Crippen LogP) is 5.80. The summed E-state index contributed by atoms with van der Waals surface area (Å²) in [6.07, 6.45) is -3.24. The van der Waals surface area contributed by atoms with E-state index in [0.717, 1.165) is 27.7 Å². The van der Waals surface area contributed by atoms with Gasteiger partial charge in [-0.3, -0.25) is 4.79 Å². The summed E-state index contributed by atoms with van der Waals surface area (Å²) in [5.74, 6) is 0.236. The van der Waals surface area contributed by atoms with Crippen LogP contribution in [0.5, 0.6) is 0 Å². The summed E-state index contributed by atoms with van der Waals surface area (Å²) in [5, 5.41) is 3.74. The highest BCUT2D eigenvalue weighted by Gasteiger charge is 2.30. The zero-order chi connectivity index (χ0) is 20.3. The molecule has 3 aromatic rings. The number of furan rings is 1. The molecule has 0 radical (unpaired) electrons. The van der Waals surface area contributed by atoms with E-state index in [4.69, 9.17) is 4.42 Å². The number of halogens is 4. The topological polar surface area (TPSA) is 54.6 Å². The molecule has 0 aliphatic rings. The number of alkyl halides is 3. The molecule has 28 heavy (non-hydrogen) atoms. The molecule has 1 aromatic heterocycles. The molecule has 0 aliphatic heterocycles. The third-order valence-electron chi connectivity index (χ3n) is 3.83. The number of hydrogen-bond acceptors (Lipinski definition) is 3. The minimum atomic E-state index is -4.52. The molecule has 0 atom stereocenters. The van der Waals surface area contributed by atoms with Gasteiger partial charge in [-0.1, -0.05) is 28.1 Å². The molecule has 0 spiro atoms. The molecule has 3 rings (SSSR count). The number of hydrazone groups is 1. The van der Waals surface area contributed by atoms with E-state index in [1.807, 2.05) is 25.1 Å². The van der Waals surface area contributed by atoms with Crippen molar-refractivity contribution in [1.29, 1.82) is 0 Å². The average Bonchev–Trinajstić information content (AvgIpc) is 3.09. The Balaban J connectivity index is 1.69. The predicted molar refractivity (Wildman–Crippen MR) is 103 cm³/mol. The van der Waals surface area contributed by atoms with Gasteiger partial charge in [-0.2, -0.15) is 18.3 Å². The maximum Gasteiger partial charge on any atom is 0.416 e. The van der Waals surface area contributed by atoms with Crippen LogP contribution in [0.2, 0.25) is 0 Å². The third kappa shape index (κ3) is 4.69. The van der Waals surface area contributed by atoms with E-state index >= 15 is 0 Å². The first kappa shape index (κ1) is 19.9. The molecule has 0 aliphatic carbocycles. The molecule has 1 N–H and O–H groups in total. The van der Waals surface area contributed by atoms with Gasteiger partial charge in [0.1, 0.15) is 11.5 Å². The summed E-state index contributed by atoms with van der Waals surface area (Å²) in [6.45, 7) is 1.97. The van der Waals surface area contributed by atoms with Crippen LogP contribution in [0.1, 0.15) is 27.2 Å². The largest absolute Gasteiger partial charge is 0.455 e. The van der Waals surface area contributed by atoms with Gasteiger partial charge < -0.3 is 4.42 Å². The van der Waals surface area contributed by atoms with Crippen molar-refractivity contribution in [2.24, 2.45) is 5.10 Å². The highest BCUT2D eigenvalue weighted by molar-refractivity contribution is 9.10. The lowest BCUT2D eigenvalue weighted by atomic mass is 10.1. The summed E-state index contributed by atoms with van der Waals surface area (Å²) in [7, 11) is 0. The summed E-state index contributed by atoms with van der Waals surface area (Å²) >= 11 is 3.48. The Kier molecular flexibility index (Phi) is 5.69. The molecule has 144 valence electrons. The fourth-order valence-corrected chi connectivity index (χ4v) is 3.13. The van der Waals surface area contributed by atoms with E-state index in [1.165, 1.54) is 18.3 Å². The van der Waals surface area contributed by atoms with Crippen LogP contribution in [0, 0.1) is 6.92 Å². The smallest absolute Gasteiger partial charge is 0.416 e. The summed E-state index contributed by atoms with van der Waals surface area (Å²) in [6, 6.07) is 13.4. The molecule has 8 heteroatoms. The molecule has 0 unspecified atom stereocenters. The maximum atomic E-state index is 12.7. The van der Waals surface area contributed by atoms with Crippen molar-refractivity contribution in [1.82, 2.24) is 5.43 Å². The Bertz CT molecular complexity index is 1040. The minimum absolute atomic E-state index is 0.143. The molecule has 2 aromatic carbocycles. The van der Waals surface area contributed by atoms with Crippen LogP contribution in [-0.2, 0) is 6.18 Å². The lowest BCUT2D eigenvalue weighted by Crippen LogP contribution is -2.18. The van der Waals surface area contributed by atoms with E-state index in [0.29, 0.717) is 11.5 Å². The van der Waals surface area contributed by atoms with Crippen LogP contribution in [0.3, 0.4) is 0 Å². The molecular formula is C20H14BrF3N2O2. The fourth-order valence-electron chi connectivity index (χ4n) is 2.44. The lowest BCUT2D eigenvalue weighted by Gasteiger charge is -2.07. The molecule has 1 amide bonds. The molecule has 0 saturated heterocycles. The molecule has 0 fully saturated rings. The quantitative estimate of drug-likeness (QED) is 0.403. The van der Waals surface area contributed by atoms with Gasteiger partial charge in [0.05, 0.1) is 11.8 Å². The van der Waals surface area contributed by atoms with Crippen LogP contribution in [0.4, 0.5) is 13.2 Å². The van der Waals surface area contributed by atoms with Gasteiger partial charge in [-0.05, 0) is 55.0 Å². The number of nitrogens with one attached hydrogen (secondary N) is 1. The van der Waals surface area contributed by atoms with Crippen molar-refractivity contribution >= 4 is 28.1 Å². The van der Waals surface area contributed by atoms with Crippen LogP contribution in [-0.4, -0.2) is 12.1 Å². The van der Waals surface area contributed by atoms with E-state index in [2.05, 4.69) is 26.5 Å². The van der Waals surface area contributed by atoms with Gasteiger partial charge in [0.15, 0.2) is 0 Å². The molecule has 0 saturated carbocycles. The second-order valence-electron chi connectivity index (χ2n) is 5.96. The monoisotopic (exact) mass is 450 g/mol. The minimum Gasteiger partial charge on any atom is -0.455 e. The molecule has 1 heterocycles. The highest BCUT2D eigenvalue weighted by atomic mass is 79.9. The molecule has 0 bridgehead atoms. The van der Waals surface area contributed by atoms with Gasteiger partial charge in [0.2, 0.25) is 0 Å². The molecule has 4 nitrogen and oxygen atoms in total. The van der Waals surface area contributed by atoms with Crippen molar-refractivity contribution in [3.8, 4) is 11.3 Å². The van der Waals surface area contributed by atoms with Gasteiger partial charge in [-0.15, -0.1) is 0 Å². The Morgan fingerprint density at radius 2 is 1.93 bits per heavy atom. The maximum absolute atomic E-state index is 12.7. The summed E-state index contributed by atoms with van der Waals surface area (Å²) < 4.78 is 44.7. The van der Waals surface area contributed by atoms with Crippen molar-refractivity contribution < 1.29 is 22.4 Å². The first-order chi connectivity index (χ1) is 13.2. The Labute approximate surface area is 167 Å². The average molecular weight is 451 g/mol. The van der Waals surface area contributed by atoms with Gasteiger partial charge in [0.25, 0.3) is 5.91 Å². The van der Waals surface area contributed by atoms with E-state index in [9.17, 15) is 18.0 Å². The van der Waals surface area contributed by atoms with Crippen molar-refractivity contribution in [2.45, 2.75) is 13.1 Å². The van der Waals surface area contributed by atoms with Gasteiger partial charge in [-0.25, -0.2) is 5.43 Å². The first-order valence-electron chi connectivity index (χ1n) is 8.11. The van der Waals surface area contributed by atoms with Crippen LogP contribution in [0.15, 0.2) is 68.6 Å². The van der Waals surface area contributed by atoms with E-state index < -0.39 is 17.6 Å². The standard InChI is InChI=1S/C20H14BrF3N2O2/c1-12-5-7-16(17(21)9-12)18-8-6-15(28-18)11-25-26-19(27)13-3-2-4-14(10-13)20(22,23)24/h2-11H,1H3,(H,26,27)/b25-11+.